The van der Waals surface area contributed by atoms with Crippen molar-refractivity contribution >= 4 is 0 Å². The number of aromatic nitrogens is 1. The van der Waals surface area contributed by atoms with E-state index in [-0.39, 0.29) is 11.1 Å². The molecule has 0 saturated heterocycles. The van der Waals surface area contributed by atoms with Crippen LogP contribution in [-0.2, 0) is 6.54 Å². The van der Waals surface area contributed by atoms with E-state index in [2.05, 4.69) is 37.3 Å². The maximum atomic E-state index is 13.4. The molecule has 0 saturated carbocycles. The molecule has 4 heteroatoms. The summed E-state index contributed by atoms with van der Waals surface area (Å²) in [5.41, 5.74) is 7.77. The maximum absolute atomic E-state index is 13.4. The Morgan fingerprint density at radius 2 is 1.45 bits per heavy atom. The smallest absolute Gasteiger partial charge is 0.269 e. The van der Waals surface area contributed by atoms with Crippen LogP contribution in [-0.4, -0.2) is 4.57 Å². The van der Waals surface area contributed by atoms with E-state index in [1.807, 2.05) is 92.7 Å². The zero-order valence-corrected chi connectivity index (χ0v) is 21.7. The average molecular weight is 497 g/mol. The summed E-state index contributed by atoms with van der Waals surface area (Å²) >= 11 is 0. The third kappa shape index (κ3) is 5.14. The van der Waals surface area contributed by atoms with Gasteiger partial charge in [-0.1, -0.05) is 66.2 Å². The second kappa shape index (κ2) is 10.6. The van der Waals surface area contributed by atoms with Crippen molar-refractivity contribution in [3.8, 4) is 40.0 Å². The van der Waals surface area contributed by atoms with E-state index in [1.54, 1.807) is 4.57 Å². The van der Waals surface area contributed by atoms with E-state index in [0.29, 0.717) is 17.9 Å². The quantitative estimate of drug-likeness (QED) is 0.241. The Balaban J connectivity index is 1.47. The standard InChI is InChI=1S/C34H28N2O2/c1-23-12-13-29(24(2)18-23)22-36-33(19-25(3)32(21-35)34(36)37)27-14-16-30(17-15-27)38-31-11-7-10-28(20-31)26-8-5-4-6-9-26/h4-20H,22H2,1-3H3. The highest BCUT2D eigenvalue weighted by Crippen LogP contribution is 2.30. The molecule has 0 aliphatic heterocycles. The zero-order valence-electron chi connectivity index (χ0n) is 21.7. The molecule has 0 N–H and O–H groups in total. The van der Waals surface area contributed by atoms with Crippen LogP contribution in [0, 0.1) is 32.1 Å². The minimum atomic E-state index is -0.277. The van der Waals surface area contributed by atoms with Gasteiger partial charge in [0.2, 0.25) is 0 Å². The van der Waals surface area contributed by atoms with Gasteiger partial charge in [0.25, 0.3) is 5.56 Å². The van der Waals surface area contributed by atoms with Gasteiger partial charge < -0.3 is 9.30 Å². The summed E-state index contributed by atoms with van der Waals surface area (Å²) in [5.74, 6) is 1.45. The Morgan fingerprint density at radius 1 is 0.711 bits per heavy atom. The van der Waals surface area contributed by atoms with E-state index in [4.69, 9.17) is 4.74 Å². The van der Waals surface area contributed by atoms with Crippen molar-refractivity contribution < 1.29 is 4.74 Å². The molecule has 0 bridgehead atoms. The number of nitriles is 1. The van der Waals surface area contributed by atoms with E-state index >= 15 is 0 Å². The van der Waals surface area contributed by atoms with E-state index < -0.39 is 0 Å². The number of rotatable bonds is 6. The third-order valence-corrected chi connectivity index (χ3v) is 6.76. The molecule has 0 atom stereocenters. The van der Waals surface area contributed by atoms with E-state index in [9.17, 15) is 10.1 Å². The van der Waals surface area contributed by atoms with Crippen LogP contribution in [0.3, 0.4) is 0 Å². The van der Waals surface area contributed by atoms with Gasteiger partial charge in [0.05, 0.1) is 12.2 Å². The molecule has 1 aromatic heterocycles. The predicted molar refractivity (Wildman–Crippen MR) is 153 cm³/mol. The lowest BCUT2D eigenvalue weighted by atomic mass is 10.0. The van der Waals surface area contributed by atoms with Crippen LogP contribution in [0.2, 0.25) is 0 Å². The molecule has 4 nitrogen and oxygen atoms in total. The van der Waals surface area contributed by atoms with Gasteiger partial charge in [0.15, 0.2) is 0 Å². The monoisotopic (exact) mass is 496 g/mol. The summed E-state index contributed by atoms with van der Waals surface area (Å²) in [6.07, 6.45) is 0. The molecule has 0 aliphatic rings. The first kappa shape index (κ1) is 24.8. The predicted octanol–water partition coefficient (Wildman–Crippen LogP) is 7.82. The Bertz CT molecular complexity index is 1710. The van der Waals surface area contributed by atoms with Crippen molar-refractivity contribution in [2.24, 2.45) is 0 Å². The Labute approximate surface area is 223 Å². The van der Waals surface area contributed by atoms with Gasteiger partial charge in [0, 0.05) is 0 Å². The van der Waals surface area contributed by atoms with Gasteiger partial charge in [-0.05, 0) is 96.6 Å². The van der Waals surface area contributed by atoms with Crippen LogP contribution in [0.15, 0.2) is 108 Å². The lowest BCUT2D eigenvalue weighted by Crippen LogP contribution is -2.26. The summed E-state index contributed by atoms with van der Waals surface area (Å²) in [4.78, 5) is 13.4. The summed E-state index contributed by atoms with van der Waals surface area (Å²) in [6, 6.07) is 36.1. The molecule has 0 fully saturated rings. The average Bonchev–Trinajstić information content (AvgIpc) is 2.93. The van der Waals surface area contributed by atoms with Crippen LogP contribution in [0.4, 0.5) is 0 Å². The maximum Gasteiger partial charge on any atom is 0.269 e. The van der Waals surface area contributed by atoms with Gasteiger partial charge in [-0.3, -0.25) is 4.79 Å². The molecular weight excluding hydrogens is 468 g/mol. The first-order valence-corrected chi connectivity index (χ1v) is 12.6. The van der Waals surface area contributed by atoms with Crippen molar-refractivity contribution in [1.82, 2.24) is 4.57 Å². The second-order valence-corrected chi connectivity index (χ2v) is 9.54. The fourth-order valence-electron chi connectivity index (χ4n) is 4.69. The van der Waals surface area contributed by atoms with Crippen LogP contribution in [0.5, 0.6) is 11.5 Å². The highest BCUT2D eigenvalue weighted by molar-refractivity contribution is 5.66. The molecule has 0 spiro atoms. The Hall–Kier alpha value is -4.88. The molecule has 0 unspecified atom stereocenters. The SMILES string of the molecule is Cc1ccc(Cn2c(-c3ccc(Oc4cccc(-c5ccccc5)c4)cc3)cc(C)c(C#N)c2=O)c(C)c1. The molecule has 5 rings (SSSR count). The number of pyridine rings is 1. The normalized spacial score (nSPS) is 10.7. The van der Waals surface area contributed by atoms with Crippen LogP contribution in [0.1, 0.15) is 27.8 Å². The summed E-state index contributed by atoms with van der Waals surface area (Å²) in [6.45, 7) is 6.29. The van der Waals surface area contributed by atoms with Gasteiger partial charge in [-0.2, -0.15) is 5.26 Å². The lowest BCUT2D eigenvalue weighted by Gasteiger charge is -2.17. The molecule has 38 heavy (non-hydrogen) atoms. The van der Waals surface area contributed by atoms with Gasteiger partial charge in [0.1, 0.15) is 23.1 Å². The minimum Gasteiger partial charge on any atom is -0.457 e. The van der Waals surface area contributed by atoms with Gasteiger partial charge in [-0.15, -0.1) is 0 Å². The highest BCUT2D eigenvalue weighted by Gasteiger charge is 2.15. The lowest BCUT2D eigenvalue weighted by molar-refractivity contribution is 0.483. The van der Waals surface area contributed by atoms with E-state index in [1.165, 1.54) is 5.56 Å². The van der Waals surface area contributed by atoms with Crippen molar-refractivity contribution in [3.05, 3.63) is 141 Å². The molecule has 5 aromatic rings. The molecule has 0 amide bonds. The van der Waals surface area contributed by atoms with Crippen molar-refractivity contribution in [1.29, 1.82) is 5.26 Å². The topological polar surface area (TPSA) is 55.0 Å². The van der Waals surface area contributed by atoms with Crippen molar-refractivity contribution in [3.63, 3.8) is 0 Å². The van der Waals surface area contributed by atoms with Crippen LogP contribution >= 0.6 is 0 Å². The summed E-state index contributed by atoms with van der Waals surface area (Å²) < 4.78 is 7.85. The van der Waals surface area contributed by atoms with Crippen LogP contribution in [0.25, 0.3) is 22.4 Å². The number of benzene rings is 4. The van der Waals surface area contributed by atoms with Crippen molar-refractivity contribution in [2.45, 2.75) is 27.3 Å². The molecular formula is C34H28N2O2. The number of hydrogen-bond acceptors (Lipinski definition) is 3. The fraction of sp³-hybridized carbons (Fsp3) is 0.118. The highest BCUT2D eigenvalue weighted by atomic mass is 16.5. The molecule has 0 aliphatic carbocycles. The summed E-state index contributed by atoms with van der Waals surface area (Å²) in [7, 11) is 0. The second-order valence-electron chi connectivity index (χ2n) is 9.54. The molecule has 4 aromatic carbocycles. The number of nitrogens with zero attached hydrogens (tertiary/aromatic N) is 2. The molecule has 1 heterocycles. The minimum absolute atomic E-state index is 0.178. The Morgan fingerprint density at radius 3 is 2.16 bits per heavy atom. The zero-order chi connectivity index (χ0) is 26.6. The molecule has 186 valence electrons. The van der Waals surface area contributed by atoms with Crippen LogP contribution < -0.4 is 10.3 Å². The first-order valence-electron chi connectivity index (χ1n) is 12.6. The largest absolute Gasteiger partial charge is 0.457 e. The Kier molecular flexibility index (Phi) is 6.93. The third-order valence-electron chi connectivity index (χ3n) is 6.76. The van der Waals surface area contributed by atoms with Gasteiger partial charge in [-0.25, -0.2) is 0 Å². The van der Waals surface area contributed by atoms with Crippen molar-refractivity contribution in [2.75, 3.05) is 0 Å². The number of ether oxygens (including phenoxy) is 1. The van der Waals surface area contributed by atoms with Gasteiger partial charge >= 0.3 is 0 Å². The molecule has 0 radical (unpaired) electrons. The van der Waals surface area contributed by atoms with E-state index in [0.717, 1.165) is 39.3 Å². The number of aryl methyl sites for hydroxylation is 3. The first-order chi connectivity index (χ1) is 18.4. The number of hydrogen-bond donors (Lipinski definition) is 0. The fourth-order valence-corrected chi connectivity index (χ4v) is 4.69. The summed E-state index contributed by atoms with van der Waals surface area (Å²) in [5, 5.41) is 9.63.